The molecule has 0 bridgehead atoms. The van der Waals surface area contributed by atoms with Gasteiger partial charge in [0.05, 0.1) is 16.8 Å². The van der Waals surface area contributed by atoms with Crippen molar-refractivity contribution in [3.05, 3.63) is 142 Å². The summed E-state index contributed by atoms with van der Waals surface area (Å²) in [5.41, 5.74) is 9.93. The summed E-state index contributed by atoms with van der Waals surface area (Å²) in [7, 11) is 0. The van der Waals surface area contributed by atoms with E-state index < -0.39 is 5.41 Å². The molecule has 1 spiro atoms. The fourth-order valence-electron chi connectivity index (χ4n) is 6.54. The summed E-state index contributed by atoms with van der Waals surface area (Å²) in [4.78, 5) is 0. The van der Waals surface area contributed by atoms with Crippen LogP contribution < -0.4 is 5.32 Å². The molecule has 0 fully saturated rings. The predicted molar refractivity (Wildman–Crippen MR) is 150 cm³/mol. The third-order valence-corrected chi connectivity index (χ3v) is 8.42. The van der Waals surface area contributed by atoms with Crippen molar-refractivity contribution < 1.29 is 0 Å². The number of rotatable bonds is 0. The van der Waals surface area contributed by atoms with Crippen LogP contribution in [0.1, 0.15) is 22.3 Å². The van der Waals surface area contributed by atoms with E-state index in [4.69, 9.17) is 0 Å². The molecule has 2 heteroatoms. The molecule has 0 saturated heterocycles. The van der Waals surface area contributed by atoms with Crippen LogP contribution in [0.25, 0.3) is 32.7 Å². The first kappa shape index (κ1) is 19.4. The lowest BCUT2D eigenvalue weighted by molar-refractivity contribution is 0.766. The van der Waals surface area contributed by atoms with Crippen LogP contribution in [0.2, 0.25) is 0 Å². The van der Waals surface area contributed by atoms with Crippen molar-refractivity contribution >= 4 is 48.8 Å². The van der Waals surface area contributed by atoms with Gasteiger partial charge in [-0.05, 0) is 56.3 Å². The zero-order valence-corrected chi connectivity index (χ0v) is 20.4. The molecule has 2 aliphatic rings. The molecule has 1 nitrogen and oxygen atoms in total. The molecular formula is C33H20BrN. The van der Waals surface area contributed by atoms with Gasteiger partial charge in [-0.25, -0.2) is 0 Å². The van der Waals surface area contributed by atoms with Crippen LogP contribution in [0.5, 0.6) is 0 Å². The van der Waals surface area contributed by atoms with Crippen LogP contribution in [-0.4, -0.2) is 0 Å². The first-order valence-electron chi connectivity index (χ1n) is 12.0. The van der Waals surface area contributed by atoms with Gasteiger partial charge in [-0.2, -0.15) is 0 Å². The quantitative estimate of drug-likeness (QED) is 0.215. The van der Waals surface area contributed by atoms with Gasteiger partial charge >= 0.3 is 0 Å². The van der Waals surface area contributed by atoms with Crippen LogP contribution in [0, 0.1) is 0 Å². The third kappa shape index (κ3) is 2.38. The minimum Gasteiger partial charge on any atom is -0.354 e. The van der Waals surface area contributed by atoms with Gasteiger partial charge in [0.2, 0.25) is 0 Å². The topological polar surface area (TPSA) is 12.0 Å². The Kier molecular flexibility index (Phi) is 3.80. The summed E-state index contributed by atoms with van der Waals surface area (Å²) in [5, 5.41) is 8.95. The summed E-state index contributed by atoms with van der Waals surface area (Å²) in [5.74, 6) is 0. The number of benzene rings is 6. The zero-order chi connectivity index (χ0) is 23.1. The summed E-state index contributed by atoms with van der Waals surface area (Å²) < 4.78 is 1.10. The van der Waals surface area contributed by atoms with E-state index in [-0.39, 0.29) is 0 Å². The maximum Gasteiger partial charge on any atom is 0.0754 e. The Bertz CT molecular complexity index is 1760. The van der Waals surface area contributed by atoms with E-state index in [0.29, 0.717) is 0 Å². The lowest BCUT2D eigenvalue weighted by atomic mass is 9.64. The average Bonchev–Trinajstić information content (AvgIpc) is 3.19. The maximum atomic E-state index is 3.94. The minimum absolute atomic E-state index is 0.403. The van der Waals surface area contributed by atoms with Gasteiger partial charge in [-0.3, -0.25) is 0 Å². The highest BCUT2D eigenvalue weighted by molar-refractivity contribution is 9.10. The van der Waals surface area contributed by atoms with Crippen molar-refractivity contribution in [3.63, 3.8) is 0 Å². The van der Waals surface area contributed by atoms with Gasteiger partial charge in [-0.1, -0.05) is 119 Å². The molecule has 1 aliphatic carbocycles. The number of fused-ring (bicyclic) bond motifs is 13. The lowest BCUT2D eigenvalue weighted by Crippen LogP contribution is -2.33. The highest BCUT2D eigenvalue weighted by atomic mass is 79.9. The first-order valence-corrected chi connectivity index (χ1v) is 12.8. The van der Waals surface area contributed by atoms with E-state index in [1.165, 1.54) is 66.3 Å². The van der Waals surface area contributed by atoms with E-state index in [1.807, 2.05) is 0 Å². The normalized spacial score (nSPS) is 14.3. The molecule has 0 atom stereocenters. The molecule has 0 aromatic heterocycles. The van der Waals surface area contributed by atoms with Crippen molar-refractivity contribution in [1.29, 1.82) is 0 Å². The molecule has 164 valence electrons. The van der Waals surface area contributed by atoms with E-state index in [0.717, 1.165) is 4.47 Å². The largest absolute Gasteiger partial charge is 0.354 e. The SMILES string of the molecule is Brc1ccc2c(c1)C1(c3ccccc3-2)c2ccc3ccccc3c2Nc2c1ccc1ccccc21. The van der Waals surface area contributed by atoms with Crippen molar-refractivity contribution in [2.45, 2.75) is 5.41 Å². The Hall–Kier alpha value is -3.88. The molecule has 35 heavy (non-hydrogen) atoms. The van der Waals surface area contributed by atoms with Crippen molar-refractivity contribution in [2.24, 2.45) is 0 Å². The van der Waals surface area contributed by atoms with Crippen LogP contribution in [0.15, 0.2) is 120 Å². The van der Waals surface area contributed by atoms with Crippen molar-refractivity contribution in [3.8, 4) is 11.1 Å². The standard InChI is InChI=1S/C33H20BrN/c34-22-15-16-26-25-11-5-6-12-27(25)33(30(26)19-22)28-17-13-20-7-1-3-9-23(20)31(28)35-32-24-10-4-2-8-21(24)14-18-29(32)33/h1-19,35H. The Morgan fingerprint density at radius 2 is 1.06 bits per heavy atom. The second kappa shape index (κ2) is 6.84. The van der Waals surface area contributed by atoms with Crippen molar-refractivity contribution in [1.82, 2.24) is 0 Å². The van der Waals surface area contributed by atoms with Crippen LogP contribution in [0.4, 0.5) is 11.4 Å². The van der Waals surface area contributed by atoms with Gasteiger partial charge in [-0.15, -0.1) is 0 Å². The van der Waals surface area contributed by atoms with Gasteiger partial charge in [0.15, 0.2) is 0 Å². The molecule has 1 aliphatic heterocycles. The molecule has 0 amide bonds. The van der Waals surface area contributed by atoms with Crippen molar-refractivity contribution in [2.75, 3.05) is 5.32 Å². The average molecular weight is 510 g/mol. The highest BCUT2D eigenvalue weighted by Gasteiger charge is 2.50. The van der Waals surface area contributed by atoms with Gasteiger partial charge < -0.3 is 5.32 Å². The van der Waals surface area contributed by atoms with Crippen LogP contribution in [0.3, 0.4) is 0 Å². The van der Waals surface area contributed by atoms with Gasteiger partial charge in [0, 0.05) is 15.2 Å². The monoisotopic (exact) mass is 509 g/mol. The maximum absolute atomic E-state index is 3.94. The fraction of sp³-hybridized carbons (Fsp3) is 0.0303. The molecule has 6 aromatic carbocycles. The highest BCUT2D eigenvalue weighted by Crippen LogP contribution is 2.62. The number of hydrogen-bond donors (Lipinski definition) is 1. The summed E-state index contributed by atoms with van der Waals surface area (Å²) >= 11 is 3.80. The summed E-state index contributed by atoms with van der Waals surface area (Å²) in [6.07, 6.45) is 0. The molecule has 0 radical (unpaired) electrons. The van der Waals surface area contributed by atoms with Gasteiger partial charge in [0.25, 0.3) is 0 Å². The second-order valence-corrected chi connectivity index (χ2v) is 10.4. The van der Waals surface area contributed by atoms with Crippen LogP contribution in [-0.2, 0) is 5.41 Å². The molecule has 1 heterocycles. The lowest BCUT2D eigenvalue weighted by Gasteiger charge is -2.41. The summed E-state index contributed by atoms with van der Waals surface area (Å²) in [6, 6.07) is 42.4. The van der Waals surface area contributed by atoms with E-state index in [1.54, 1.807) is 0 Å². The molecule has 8 rings (SSSR count). The number of hydrogen-bond acceptors (Lipinski definition) is 1. The molecule has 0 unspecified atom stereocenters. The first-order chi connectivity index (χ1) is 17.3. The minimum atomic E-state index is -0.403. The smallest absolute Gasteiger partial charge is 0.0754 e. The molecular weight excluding hydrogens is 490 g/mol. The van der Waals surface area contributed by atoms with E-state index in [9.17, 15) is 0 Å². The fourth-order valence-corrected chi connectivity index (χ4v) is 6.90. The zero-order valence-electron chi connectivity index (χ0n) is 18.8. The second-order valence-electron chi connectivity index (χ2n) is 9.53. The Morgan fingerprint density at radius 1 is 0.486 bits per heavy atom. The Labute approximate surface area is 212 Å². The number of anilines is 2. The predicted octanol–water partition coefficient (Wildman–Crippen LogP) is 9.18. The van der Waals surface area contributed by atoms with Gasteiger partial charge in [0.1, 0.15) is 0 Å². The summed E-state index contributed by atoms with van der Waals surface area (Å²) in [6.45, 7) is 0. The van der Waals surface area contributed by atoms with Crippen LogP contribution >= 0.6 is 15.9 Å². The Morgan fingerprint density at radius 3 is 1.74 bits per heavy atom. The molecule has 1 N–H and O–H groups in total. The third-order valence-electron chi connectivity index (χ3n) is 7.92. The molecule has 0 saturated carbocycles. The van der Waals surface area contributed by atoms with E-state index in [2.05, 4.69) is 137 Å². The van der Waals surface area contributed by atoms with E-state index >= 15 is 0 Å². The number of halogens is 1. The molecule has 6 aromatic rings. The number of nitrogens with one attached hydrogen (secondary N) is 1. The Balaban J connectivity index is 1.64.